The summed E-state index contributed by atoms with van der Waals surface area (Å²) in [5.74, 6) is -2.83. The van der Waals surface area contributed by atoms with E-state index < -0.39 is 41.7 Å². The molecule has 0 radical (unpaired) electrons. The molecule has 0 saturated carbocycles. The van der Waals surface area contributed by atoms with Crippen LogP contribution in [0.1, 0.15) is 29.7 Å². The summed E-state index contributed by atoms with van der Waals surface area (Å²) < 4.78 is 7.01. The highest BCUT2D eigenvalue weighted by Gasteiger charge is 2.75. The number of nitrogens with zero attached hydrogens (tertiary/aromatic N) is 3. The van der Waals surface area contributed by atoms with Crippen LogP contribution in [0, 0.1) is 25.7 Å². The van der Waals surface area contributed by atoms with Crippen molar-refractivity contribution in [1.29, 1.82) is 0 Å². The lowest BCUT2D eigenvalue weighted by atomic mass is 9.74. The maximum atomic E-state index is 15.0. The van der Waals surface area contributed by atoms with Crippen molar-refractivity contribution >= 4 is 29.1 Å². The molecule has 0 bridgehead atoms. The van der Waals surface area contributed by atoms with E-state index in [0.29, 0.717) is 12.1 Å². The average molecular weight is 604 g/mol. The SMILES string of the molecule is Cc1ccc(C)c(N2CC=C[C@]34O[C@@]5(C)C=CCN(c6ccccc6)C(=O)[C@H]5[C@H]3C(=O)N([C@H](CO)c3ccccc3)C4C2=O)c1. The zero-order chi connectivity index (χ0) is 31.5. The van der Waals surface area contributed by atoms with E-state index in [0.717, 1.165) is 22.5 Å². The minimum absolute atomic E-state index is 0.235. The standard InChI is InChI=1S/C37H37N3O5/c1-24-16-17-25(2)28(22-24)39-21-11-19-37-31(34(43)40(32(37)35(39)44)29(23-41)26-12-6-4-7-13-26)30-33(42)38(27-14-8-5-9-15-27)20-10-18-36(30,3)45-37/h4-19,22,29-32,41H,20-21,23H2,1-3H3/t29-,30-,31+,32?,36+,37+/m1/s1. The molecule has 2 fully saturated rings. The topological polar surface area (TPSA) is 90.4 Å². The maximum absolute atomic E-state index is 15.0. The van der Waals surface area contributed by atoms with Crippen LogP contribution in [0.5, 0.6) is 0 Å². The molecular weight excluding hydrogens is 566 g/mol. The summed E-state index contributed by atoms with van der Waals surface area (Å²) in [5.41, 5.74) is 1.51. The second-order valence-corrected chi connectivity index (χ2v) is 12.7. The molecule has 3 aromatic rings. The number of carbonyl (C=O) groups excluding carboxylic acids is 3. The van der Waals surface area contributed by atoms with Crippen molar-refractivity contribution in [2.75, 3.05) is 29.5 Å². The van der Waals surface area contributed by atoms with Crippen LogP contribution in [-0.4, -0.2) is 64.7 Å². The van der Waals surface area contributed by atoms with Crippen molar-refractivity contribution in [2.24, 2.45) is 11.8 Å². The van der Waals surface area contributed by atoms with Gasteiger partial charge in [-0.25, -0.2) is 0 Å². The summed E-state index contributed by atoms with van der Waals surface area (Å²) in [4.78, 5) is 49.5. The van der Waals surface area contributed by atoms with Crippen LogP contribution in [0.4, 0.5) is 11.4 Å². The number of aliphatic hydroxyl groups is 1. The molecule has 45 heavy (non-hydrogen) atoms. The number of para-hydroxylation sites is 1. The molecule has 7 rings (SSSR count). The zero-order valence-corrected chi connectivity index (χ0v) is 25.7. The van der Waals surface area contributed by atoms with E-state index >= 15 is 0 Å². The van der Waals surface area contributed by atoms with Gasteiger partial charge in [-0.1, -0.05) is 85.0 Å². The average Bonchev–Trinajstić information content (AvgIpc) is 3.31. The molecule has 8 nitrogen and oxygen atoms in total. The van der Waals surface area contributed by atoms with Crippen LogP contribution >= 0.6 is 0 Å². The van der Waals surface area contributed by atoms with E-state index in [1.165, 1.54) is 4.90 Å². The van der Waals surface area contributed by atoms with E-state index in [2.05, 4.69) is 0 Å². The van der Waals surface area contributed by atoms with Crippen LogP contribution in [0.25, 0.3) is 0 Å². The molecule has 1 spiro atoms. The number of hydrogen-bond acceptors (Lipinski definition) is 5. The Bertz CT molecular complexity index is 1720. The molecule has 4 aliphatic rings. The highest BCUT2D eigenvalue weighted by atomic mass is 16.5. The highest BCUT2D eigenvalue weighted by Crippen LogP contribution is 2.59. The minimum Gasteiger partial charge on any atom is -0.394 e. The Morgan fingerprint density at radius 3 is 2.20 bits per heavy atom. The lowest BCUT2D eigenvalue weighted by Gasteiger charge is -2.40. The summed E-state index contributed by atoms with van der Waals surface area (Å²) in [7, 11) is 0. The number of aliphatic hydroxyl groups excluding tert-OH is 1. The fraction of sp³-hybridized carbons (Fsp3) is 0.324. The normalized spacial score (nSPS) is 29.7. The predicted molar refractivity (Wildman–Crippen MR) is 171 cm³/mol. The van der Waals surface area contributed by atoms with Crippen LogP contribution in [0.2, 0.25) is 0 Å². The predicted octanol–water partition coefficient (Wildman–Crippen LogP) is 4.51. The number of carbonyl (C=O) groups is 3. The van der Waals surface area contributed by atoms with Gasteiger partial charge in [0.2, 0.25) is 11.8 Å². The third kappa shape index (κ3) is 4.38. The largest absolute Gasteiger partial charge is 0.394 e. The summed E-state index contributed by atoms with van der Waals surface area (Å²) >= 11 is 0. The fourth-order valence-corrected chi connectivity index (χ4v) is 7.89. The summed E-state index contributed by atoms with van der Waals surface area (Å²) in [6.07, 6.45) is 7.52. The second kappa shape index (κ2) is 10.8. The molecule has 6 atom stereocenters. The van der Waals surface area contributed by atoms with Gasteiger partial charge in [0.1, 0.15) is 11.6 Å². The van der Waals surface area contributed by atoms with Crippen molar-refractivity contribution in [3.05, 3.63) is 120 Å². The zero-order valence-electron chi connectivity index (χ0n) is 25.7. The van der Waals surface area contributed by atoms with E-state index in [1.807, 2.05) is 124 Å². The molecule has 0 aliphatic carbocycles. The van der Waals surface area contributed by atoms with Gasteiger partial charge >= 0.3 is 0 Å². The van der Waals surface area contributed by atoms with Crippen LogP contribution in [0.3, 0.4) is 0 Å². The summed E-state index contributed by atoms with van der Waals surface area (Å²) in [6, 6.07) is 22.7. The van der Waals surface area contributed by atoms with Crippen LogP contribution in [-0.2, 0) is 19.1 Å². The van der Waals surface area contributed by atoms with Gasteiger partial charge < -0.3 is 24.5 Å². The molecule has 2 saturated heterocycles. The van der Waals surface area contributed by atoms with E-state index in [9.17, 15) is 19.5 Å². The van der Waals surface area contributed by atoms with Gasteiger partial charge in [-0.05, 0) is 55.7 Å². The van der Waals surface area contributed by atoms with Crippen LogP contribution in [0.15, 0.2) is 103 Å². The molecule has 4 aliphatic heterocycles. The number of aryl methyl sites for hydroxylation is 2. The number of benzene rings is 3. The van der Waals surface area contributed by atoms with Gasteiger partial charge in [0.25, 0.3) is 5.91 Å². The molecule has 0 aromatic heterocycles. The van der Waals surface area contributed by atoms with Crippen molar-refractivity contribution < 1.29 is 24.2 Å². The van der Waals surface area contributed by atoms with Crippen molar-refractivity contribution in [1.82, 2.24) is 4.90 Å². The molecule has 1 unspecified atom stereocenters. The molecule has 8 heteroatoms. The summed E-state index contributed by atoms with van der Waals surface area (Å²) in [5, 5.41) is 10.8. The Hall–Kier alpha value is -4.53. The molecule has 3 aromatic carbocycles. The van der Waals surface area contributed by atoms with Gasteiger partial charge in [0, 0.05) is 24.5 Å². The lowest BCUT2D eigenvalue weighted by molar-refractivity contribution is -0.148. The fourth-order valence-electron chi connectivity index (χ4n) is 7.89. The Morgan fingerprint density at radius 1 is 0.822 bits per heavy atom. The summed E-state index contributed by atoms with van der Waals surface area (Å²) in [6.45, 7) is 5.98. The van der Waals surface area contributed by atoms with Crippen LogP contribution < -0.4 is 9.80 Å². The lowest BCUT2D eigenvalue weighted by Crippen LogP contribution is -2.57. The highest BCUT2D eigenvalue weighted by molar-refractivity contribution is 6.08. The van der Waals surface area contributed by atoms with Gasteiger partial charge in [-0.2, -0.15) is 0 Å². The first kappa shape index (κ1) is 29.2. The number of hydrogen-bond donors (Lipinski definition) is 1. The van der Waals surface area contributed by atoms with E-state index in [-0.39, 0.29) is 24.3 Å². The first-order chi connectivity index (χ1) is 21.7. The smallest absolute Gasteiger partial charge is 0.253 e. The number of fused-ring (bicyclic) bond motifs is 2. The quantitative estimate of drug-likeness (QED) is 0.434. The first-order valence-corrected chi connectivity index (χ1v) is 15.5. The van der Waals surface area contributed by atoms with Crippen molar-refractivity contribution in [2.45, 2.75) is 44.1 Å². The number of anilines is 2. The Kier molecular flexibility index (Phi) is 7.02. The van der Waals surface area contributed by atoms with E-state index in [1.54, 1.807) is 9.80 Å². The van der Waals surface area contributed by atoms with Crippen molar-refractivity contribution in [3.8, 4) is 0 Å². The number of rotatable bonds is 5. The molecule has 3 amide bonds. The number of ether oxygens (including phenoxy) is 1. The monoisotopic (exact) mass is 603 g/mol. The van der Waals surface area contributed by atoms with Gasteiger partial charge in [-0.3, -0.25) is 14.4 Å². The minimum atomic E-state index is -1.44. The van der Waals surface area contributed by atoms with Gasteiger partial charge in [0.05, 0.1) is 30.1 Å². The molecular formula is C37H37N3O5. The number of amides is 3. The van der Waals surface area contributed by atoms with Gasteiger partial charge in [-0.15, -0.1) is 0 Å². The van der Waals surface area contributed by atoms with Crippen molar-refractivity contribution in [3.63, 3.8) is 0 Å². The van der Waals surface area contributed by atoms with E-state index in [4.69, 9.17) is 4.74 Å². The van der Waals surface area contributed by atoms with Gasteiger partial charge in [0.15, 0.2) is 0 Å². The molecule has 230 valence electrons. The maximum Gasteiger partial charge on any atom is 0.253 e. The second-order valence-electron chi connectivity index (χ2n) is 12.7. The Morgan fingerprint density at radius 2 is 1.49 bits per heavy atom. The molecule has 1 N–H and O–H groups in total. The third-order valence-corrected chi connectivity index (χ3v) is 9.91. The first-order valence-electron chi connectivity index (χ1n) is 15.5. The number of likely N-dealkylation sites (tertiary alicyclic amines) is 1. The molecule has 4 heterocycles. The Labute approximate surface area is 263 Å². The third-order valence-electron chi connectivity index (χ3n) is 9.91. The Balaban J connectivity index is 1.41.